The van der Waals surface area contributed by atoms with Crippen LogP contribution >= 0.6 is 0 Å². The summed E-state index contributed by atoms with van der Waals surface area (Å²) >= 11 is 0. The van der Waals surface area contributed by atoms with Crippen molar-refractivity contribution >= 4 is 23.3 Å². The first-order valence-corrected chi connectivity index (χ1v) is 8.75. The minimum Gasteiger partial charge on any atom is -0.497 e. The fourth-order valence-electron chi connectivity index (χ4n) is 4.95. The minimum absolute atomic E-state index is 0.0766. The first kappa shape index (κ1) is 15.3. The number of ketones is 1. The van der Waals surface area contributed by atoms with Crippen LogP contribution in [0.2, 0.25) is 0 Å². The van der Waals surface area contributed by atoms with Gasteiger partial charge in [-0.3, -0.25) is 19.3 Å². The topological polar surface area (TPSA) is 63.7 Å². The van der Waals surface area contributed by atoms with Crippen LogP contribution in [-0.2, 0) is 14.4 Å². The van der Waals surface area contributed by atoms with Gasteiger partial charge in [-0.15, -0.1) is 0 Å². The van der Waals surface area contributed by atoms with Gasteiger partial charge >= 0.3 is 0 Å². The van der Waals surface area contributed by atoms with Crippen LogP contribution in [0.15, 0.2) is 48.5 Å². The Morgan fingerprint density at radius 3 is 2.23 bits per heavy atom. The Balaban J connectivity index is 1.61. The number of amides is 2. The van der Waals surface area contributed by atoms with E-state index in [4.69, 9.17) is 4.74 Å². The Morgan fingerprint density at radius 2 is 1.54 bits per heavy atom. The Bertz CT molecular complexity index is 949. The molecule has 1 saturated carbocycles. The predicted molar refractivity (Wildman–Crippen MR) is 94.0 cm³/mol. The van der Waals surface area contributed by atoms with E-state index in [2.05, 4.69) is 0 Å². The molecule has 5 nitrogen and oxygen atoms in total. The first-order chi connectivity index (χ1) is 12.6. The van der Waals surface area contributed by atoms with E-state index in [0.717, 1.165) is 11.1 Å². The van der Waals surface area contributed by atoms with Crippen molar-refractivity contribution in [1.29, 1.82) is 0 Å². The molecule has 2 aromatic rings. The molecule has 2 fully saturated rings. The van der Waals surface area contributed by atoms with Crippen LogP contribution < -0.4 is 9.64 Å². The second-order valence-electron chi connectivity index (χ2n) is 7.14. The van der Waals surface area contributed by atoms with Gasteiger partial charge in [0.25, 0.3) is 0 Å². The number of hydrogen-bond acceptors (Lipinski definition) is 4. The van der Waals surface area contributed by atoms with Crippen molar-refractivity contribution < 1.29 is 19.1 Å². The van der Waals surface area contributed by atoms with Gasteiger partial charge < -0.3 is 4.74 Å². The molecule has 0 N–H and O–H groups in total. The summed E-state index contributed by atoms with van der Waals surface area (Å²) in [4.78, 5) is 40.3. The summed E-state index contributed by atoms with van der Waals surface area (Å²) in [6.45, 7) is 0. The summed E-state index contributed by atoms with van der Waals surface area (Å²) in [5, 5.41) is 0. The van der Waals surface area contributed by atoms with Gasteiger partial charge in [0.1, 0.15) is 11.5 Å². The van der Waals surface area contributed by atoms with E-state index in [1.807, 2.05) is 24.3 Å². The van der Waals surface area contributed by atoms with Crippen LogP contribution in [0.1, 0.15) is 29.4 Å². The zero-order valence-corrected chi connectivity index (χ0v) is 14.2. The van der Waals surface area contributed by atoms with Crippen molar-refractivity contribution in [3.8, 4) is 5.75 Å². The van der Waals surface area contributed by atoms with Crippen LogP contribution in [0, 0.1) is 11.8 Å². The molecule has 0 unspecified atom stereocenters. The lowest BCUT2D eigenvalue weighted by molar-refractivity contribution is -0.134. The lowest BCUT2D eigenvalue weighted by Gasteiger charge is -2.43. The van der Waals surface area contributed by atoms with Crippen LogP contribution in [-0.4, -0.2) is 24.7 Å². The molecule has 26 heavy (non-hydrogen) atoms. The largest absolute Gasteiger partial charge is 0.497 e. The van der Waals surface area contributed by atoms with Crippen LogP contribution in [0.4, 0.5) is 5.69 Å². The Labute approximate surface area is 150 Å². The van der Waals surface area contributed by atoms with Crippen molar-refractivity contribution in [3.63, 3.8) is 0 Å². The van der Waals surface area contributed by atoms with Gasteiger partial charge in [0.15, 0.2) is 0 Å². The molecule has 1 heterocycles. The number of methoxy groups -OCH3 is 1. The molecule has 5 heteroatoms. The van der Waals surface area contributed by atoms with Crippen molar-refractivity contribution in [1.82, 2.24) is 0 Å². The Morgan fingerprint density at radius 1 is 0.885 bits per heavy atom. The first-order valence-electron chi connectivity index (χ1n) is 8.75. The van der Waals surface area contributed by atoms with Crippen LogP contribution in [0.5, 0.6) is 5.75 Å². The number of benzene rings is 2. The molecule has 0 aromatic heterocycles. The summed E-state index contributed by atoms with van der Waals surface area (Å²) in [5.74, 6) is -1.44. The highest BCUT2D eigenvalue weighted by Crippen LogP contribution is 2.57. The molecule has 0 radical (unpaired) electrons. The summed E-state index contributed by atoms with van der Waals surface area (Å²) < 4.78 is 5.15. The van der Waals surface area contributed by atoms with E-state index in [9.17, 15) is 14.4 Å². The van der Waals surface area contributed by atoms with Gasteiger partial charge in [-0.1, -0.05) is 24.3 Å². The van der Waals surface area contributed by atoms with E-state index >= 15 is 0 Å². The quantitative estimate of drug-likeness (QED) is 0.784. The maximum atomic E-state index is 13.2. The summed E-state index contributed by atoms with van der Waals surface area (Å²) in [6, 6.07) is 14.6. The molecule has 2 bridgehead atoms. The van der Waals surface area contributed by atoms with Gasteiger partial charge in [-0.05, 0) is 35.4 Å². The van der Waals surface area contributed by atoms with Gasteiger partial charge in [-0.25, -0.2) is 0 Å². The number of Topliss-reactive ketones (excluding diaryl/α,β-unsaturated/α-hetero) is 1. The standard InChI is InChI=1S/C21H17NO4/c1-26-12-8-6-11(7-9-12)22-20(24)18-15-10-16(23)17(19(18)21(22)25)14-5-3-2-4-13(14)15/h2-9,15,17-19H,10H2,1H3/t15-,17-,18+,19-/m0/s1. The number of carbonyl (C=O) groups is 3. The molecule has 4 atom stereocenters. The highest BCUT2D eigenvalue weighted by atomic mass is 16.5. The second-order valence-corrected chi connectivity index (χ2v) is 7.14. The maximum absolute atomic E-state index is 13.2. The third-order valence-corrected chi connectivity index (χ3v) is 6.02. The predicted octanol–water partition coefficient (Wildman–Crippen LogP) is 2.65. The number of imide groups is 1. The van der Waals surface area contributed by atoms with Crippen LogP contribution in [0.25, 0.3) is 0 Å². The number of fused-ring (bicyclic) bond motifs is 1. The third-order valence-electron chi connectivity index (χ3n) is 6.02. The van der Waals surface area contributed by atoms with E-state index in [-0.39, 0.29) is 23.5 Å². The lowest BCUT2D eigenvalue weighted by Crippen LogP contribution is -2.44. The number of rotatable bonds is 2. The molecule has 2 aromatic carbocycles. The fourth-order valence-corrected chi connectivity index (χ4v) is 4.95. The molecular formula is C21H17NO4. The van der Waals surface area contributed by atoms with Gasteiger partial charge in [0, 0.05) is 12.3 Å². The number of ether oxygens (including phenoxy) is 1. The van der Waals surface area contributed by atoms with Crippen molar-refractivity contribution in [2.45, 2.75) is 18.3 Å². The Kier molecular flexibility index (Phi) is 3.11. The van der Waals surface area contributed by atoms with E-state index in [0.29, 0.717) is 17.9 Å². The van der Waals surface area contributed by atoms with Crippen molar-refractivity contribution in [2.75, 3.05) is 12.0 Å². The molecule has 2 amide bonds. The lowest BCUT2D eigenvalue weighted by atomic mass is 9.56. The van der Waals surface area contributed by atoms with Gasteiger partial charge in [0.05, 0.1) is 30.6 Å². The summed E-state index contributed by atoms with van der Waals surface area (Å²) in [6.07, 6.45) is 0.346. The minimum atomic E-state index is -0.578. The molecule has 1 aliphatic heterocycles. The maximum Gasteiger partial charge on any atom is 0.238 e. The van der Waals surface area contributed by atoms with Crippen molar-refractivity contribution in [3.05, 3.63) is 59.7 Å². The summed E-state index contributed by atoms with van der Waals surface area (Å²) in [5.41, 5.74) is 2.51. The van der Waals surface area contributed by atoms with Crippen molar-refractivity contribution in [2.24, 2.45) is 11.8 Å². The third kappa shape index (κ3) is 1.83. The molecule has 3 aliphatic carbocycles. The van der Waals surface area contributed by atoms with Gasteiger partial charge in [0.2, 0.25) is 11.8 Å². The zero-order chi connectivity index (χ0) is 18.0. The SMILES string of the molecule is COc1ccc(N2C(=O)[C@@H]3[C@H](C2=O)[C@H]2CC(=O)[C@@H]3c3ccccc32)cc1. The van der Waals surface area contributed by atoms with E-state index < -0.39 is 17.8 Å². The van der Waals surface area contributed by atoms with E-state index in [1.54, 1.807) is 31.4 Å². The fraction of sp³-hybridized carbons (Fsp3) is 0.286. The normalized spacial score (nSPS) is 29.0. The number of nitrogens with zero attached hydrogens (tertiary/aromatic N) is 1. The zero-order valence-electron chi connectivity index (χ0n) is 14.2. The molecule has 1 saturated heterocycles. The number of anilines is 1. The molecular weight excluding hydrogens is 330 g/mol. The Hall–Kier alpha value is -2.95. The summed E-state index contributed by atoms with van der Waals surface area (Å²) in [7, 11) is 1.57. The second kappa shape index (κ2) is 5.27. The van der Waals surface area contributed by atoms with Crippen LogP contribution in [0.3, 0.4) is 0 Å². The average molecular weight is 347 g/mol. The monoisotopic (exact) mass is 347 g/mol. The van der Waals surface area contributed by atoms with Gasteiger partial charge in [-0.2, -0.15) is 0 Å². The highest BCUT2D eigenvalue weighted by molar-refractivity contribution is 6.24. The van der Waals surface area contributed by atoms with E-state index in [1.165, 1.54) is 4.90 Å². The highest BCUT2D eigenvalue weighted by Gasteiger charge is 2.62. The molecule has 4 aliphatic rings. The average Bonchev–Trinajstić information content (AvgIpc) is 2.94. The molecule has 6 rings (SSSR count). The number of hydrogen-bond donors (Lipinski definition) is 0. The molecule has 130 valence electrons. The molecule has 0 spiro atoms. The number of carbonyl (C=O) groups excluding carboxylic acids is 3. The smallest absolute Gasteiger partial charge is 0.238 e.